The van der Waals surface area contributed by atoms with Gasteiger partial charge in [0.15, 0.2) is 0 Å². The molecule has 0 amide bonds. The van der Waals surface area contributed by atoms with E-state index in [1.54, 1.807) is 72.4 Å². The van der Waals surface area contributed by atoms with E-state index < -0.39 is 11.9 Å². The Hall–Kier alpha value is -4.03. The highest BCUT2D eigenvalue weighted by atomic mass is 32.2. The Bertz CT molecular complexity index is 1260. The van der Waals surface area contributed by atoms with Crippen molar-refractivity contribution in [1.29, 1.82) is 0 Å². The number of esters is 2. The van der Waals surface area contributed by atoms with Gasteiger partial charge in [-0.25, -0.2) is 9.59 Å². The first-order valence-corrected chi connectivity index (χ1v) is 11.3. The van der Waals surface area contributed by atoms with Crippen molar-refractivity contribution in [3.05, 3.63) is 114 Å². The molecule has 0 N–H and O–H groups in total. The quantitative estimate of drug-likeness (QED) is 0.215. The summed E-state index contributed by atoms with van der Waals surface area (Å²) in [5.41, 5.74) is 2.07. The van der Waals surface area contributed by atoms with Crippen LogP contribution in [0.3, 0.4) is 0 Å². The van der Waals surface area contributed by atoms with Crippen molar-refractivity contribution in [3.63, 3.8) is 0 Å². The van der Waals surface area contributed by atoms with Crippen LogP contribution in [0.15, 0.2) is 107 Å². The molecule has 170 valence electrons. The molecule has 0 saturated carbocycles. The third-order valence-corrected chi connectivity index (χ3v) is 5.91. The van der Waals surface area contributed by atoms with Gasteiger partial charge >= 0.3 is 11.9 Å². The molecule has 4 aromatic rings. The van der Waals surface area contributed by atoms with Crippen molar-refractivity contribution in [2.45, 2.75) is 16.7 Å². The maximum absolute atomic E-state index is 12.5. The van der Waals surface area contributed by atoms with E-state index in [9.17, 15) is 9.59 Å². The van der Waals surface area contributed by atoms with Crippen LogP contribution in [0.25, 0.3) is 0 Å². The summed E-state index contributed by atoms with van der Waals surface area (Å²) < 4.78 is 15.9. The molecule has 0 radical (unpaired) electrons. The molecule has 0 bridgehead atoms. The number of rotatable bonds is 7. The second kappa shape index (κ2) is 10.7. The summed E-state index contributed by atoms with van der Waals surface area (Å²) in [5, 5.41) is 0. The fourth-order valence-electron chi connectivity index (χ4n) is 3.06. The van der Waals surface area contributed by atoms with Crippen molar-refractivity contribution >= 4 is 23.7 Å². The Morgan fingerprint density at radius 2 is 1.03 bits per heavy atom. The number of hydrogen-bond acceptors (Lipinski definition) is 6. The minimum atomic E-state index is -0.451. The van der Waals surface area contributed by atoms with E-state index in [1.165, 1.54) is 12.7 Å². The molecule has 4 rings (SSSR count). The first-order chi connectivity index (χ1) is 16.5. The van der Waals surface area contributed by atoms with Crippen molar-refractivity contribution in [3.8, 4) is 17.2 Å². The van der Waals surface area contributed by atoms with E-state index in [2.05, 4.69) is 35.9 Å². The lowest BCUT2D eigenvalue weighted by molar-refractivity contribution is 0.0600. The van der Waals surface area contributed by atoms with Gasteiger partial charge in [-0.15, -0.1) is 0 Å². The third-order valence-electron chi connectivity index (χ3n) is 4.89. The van der Waals surface area contributed by atoms with Gasteiger partial charge in [0, 0.05) is 9.79 Å². The summed E-state index contributed by atoms with van der Waals surface area (Å²) in [7, 11) is 1.33. The Morgan fingerprint density at radius 3 is 1.53 bits per heavy atom. The monoisotopic (exact) mass is 470 g/mol. The maximum atomic E-state index is 12.5. The van der Waals surface area contributed by atoms with Crippen LogP contribution in [0, 0.1) is 6.92 Å². The number of methoxy groups -OCH3 is 1. The zero-order valence-electron chi connectivity index (χ0n) is 18.7. The van der Waals surface area contributed by atoms with Crippen LogP contribution in [0.5, 0.6) is 17.2 Å². The first kappa shape index (κ1) is 23.1. The molecular weight excluding hydrogens is 448 g/mol. The van der Waals surface area contributed by atoms with Crippen molar-refractivity contribution < 1.29 is 23.8 Å². The molecule has 5 nitrogen and oxygen atoms in total. The molecule has 6 heteroatoms. The maximum Gasteiger partial charge on any atom is 0.343 e. The minimum Gasteiger partial charge on any atom is -0.465 e. The topological polar surface area (TPSA) is 61.8 Å². The highest BCUT2D eigenvalue weighted by Crippen LogP contribution is 2.29. The predicted octanol–water partition coefficient (Wildman–Crippen LogP) is 6.94. The molecule has 0 saturated heterocycles. The number of hydrogen-bond donors (Lipinski definition) is 0. The van der Waals surface area contributed by atoms with Crippen LogP contribution in [-0.2, 0) is 4.74 Å². The summed E-state index contributed by atoms with van der Waals surface area (Å²) in [6.45, 7) is 2.06. The van der Waals surface area contributed by atoms with Gasteiger partial charge in [0.05, 0.1) is 18.2 Å². The smallest absolute Gasteiger partial charge is 0.343 e. The number of carbonyl (C=O) groups is 2. The number of benzene rings is 4. The van der Waals surface area contributed by atoms with Gasteiger partial charge in [-0.05, 0) is 91.9 Å². The molecule has 0 aliphatic carbocycles. The summed E-state index contributed by atoms with van der Waals surface area (Å²) in [6, 6.07) is 29.0. The van der Waals surface area contributed by atoms with Gasteiger partial charge in [-0.1, -0.05) is 29.5 Å². The summed E-state index contributed by atoms with van der Waals surface area (Å²) in [5.74, 6) is 0.734. The summed E-state index contributed by atoms with van der Waals surface area (Å²) in [4.78, 5) is 26.2. The van der Waals surface area contributed by atoms with Crippen molar-refractivity contribution in [2.75, 3.05) is 7.11 Å². The highest BCUT2D eigenvalue weighted by Gasteiger charge is 2.10. The summed E-state index contributed by atoms with van der Waals surface area (Å²) >= 11 is 1.65. The van der Waals surface area contributed by atoms with E-state index in [4.69, 9.17) is 9.47 Å². The van der Waals surface area contributed by atoms with Gasteiger partial charge in [0.1, 0.15) is 17.2 Å². The van der Waals surface area contributed by atoms with Crippen LogP contribution < -0.4 is 9.47 Å². The zero-order valence-corrected chi connectivity index (χ0v) is 19.5. The lowest BCUT2D eigenvalue weighted by Crippen LogP contribution is -2.08. The van der Waals surface area contributed by atoms with Gasteiger partial charge in [0.2, 0.25) is 0 Å². The normalized spacial score (nSPS) is 10.4. The molecule has 34 heavy (non-hydrogen) atoms. The molecule has 0 aliphatic heterocycles. The highest BCUT2D eigenvalue weighted by molar-refractivity contribution is 7.99. The Labute approximate surface area is 202 Å². The Balaban J connectivity index is 1.33. The molecule has 0 unspecified atom stereocenters. The predicted molar refractivity (Wildman–Crippen MR) is 131 cm³/mol. The fraction of sp³-hybridized carbons (Fsp3) is 0.0714. The molecule has 0 aromatic heterocycles. The van der Waals surface area contributed by atoms with Crippen molar-refractivity contribution in [2.24, 2.45) is 0 Å². The van der Waals surface area contributed by atoms with Crippen molar-refractivity contribution in [1.82, 2.24) is 0 Å². The number of aryl methyl sites for hydroxylation is 1. The number of ether oxygens (including phenoxy) is 3. The average molecular weight is 471 g/mol. The van der Waals surface area contributed by atoms with Crippen LogP contribution in [0.4, 0.5) is 0 Å². The number of carbonyl (C=O) groups excluding carboxylic acids is 2. The molecule has 4 aromatic carbocycles. The lowest BCUT2D eigenvalue weighted by Gasteiger charge is -2.08. The molecule has 0 heterocycles. The van der Waals surface area contributed by atoms with E-state index >= 15 is 0 Å². The molecular formula is C28H22O5S. The molecule has 0 atom stereocenters. The van der Waals surface area contributed by atoms with Crippen LogP contribution >= 0.6 is 11.8 Å². The second-order valence-electron chi connectivity index (χ2n) is 7.42. The lowest BCUT2D eigenvalue weighted by atomic mass is 10.2. The Kier molecular flexibility index (Phi) is 7.30. The van der Waals surface area contributed by atoms with Crippen LogP contribution in [0.2, 0.25) is 0 Å². The molecule has 0 fully saturated rings. The second-order valence-corrected chi connectivity index (χ2v) is 8.57. The summed E-state index contributed by atoms with van der Waals surface area (Å²) in [6.07, 6.45) is 0. The van der Waals surface area contributed by atoms with Gasteiger partial charge in [-0.3, -0.25) is 0 Å². The standard InChI is InChI=1S/C28H22O5S/c1-19-3-15-25(16-4-19)34-26-17-13-24(14-18-26)33-28(30)21-7-11-23(12-8-21)32-22-9-5-20(6-10-22)27(29)31-2/h3-18H,1-2H3. The molecule has 0 aliphatic rings. The van der Waals surface area contributed by atoms with Gasteiger partial charge in [-0.2, -0.15) is 0 Å². The fourth-order valence-corrected chi connectivity index (χ4v) is 3.87. The third kappa shape index (κ3) is 6.05. The van der Waals surface area contributed by atoms with Crippen LogP contribution in [0.1, 0.15) is 26.3 Å². The zero-order chi connectivity index (χ0) is 23.9. The largest absolute Gasteiger partial charge is 0.465 e. The minimum absolute atomic E-state index is 0.408. The van der Waals surface area contributed by atoms with Crippen LogP contribution in [-0.4, -0.2) is 19.0 Å². The van der Waals surface area contributed by atoms with E-state index in [0.29, 0.717) is 28.4 Å². The first-order valence-electron chi connectivity index (χ1n) is 10.5. The van der Waals surface area contributed by atoms with Gasteiger partial charge < -0.3 is 14.2 Å². The van der Waals surface area contributed by atoms with E-state index in [0.717, 1.165) is 9.79 Å². The van der Waals surface area contributed by atoms with Gasteiger partial charge in [0.25, 0.3) is 0 Å². The van der Waals surface area contributed by atoms with E-state index in [1.807, 2.05) is 12.1 Å². The Morgan fingerprint density at radius 1 is 0.588 bits per heavy atom. The molecule has 0 spiro atoms. The van der Waals surface area contributed by atoms with E-state index in [-0.39, 0.29) is 0 Å². The average Bonchev–Trinajstić information content (AvgIpc) is 2.87. The SMILES string of the molecule is COC(=O)c1ccc(Oc2ccc(C(=O)Oc3ccc(Sc4ccc(C)cc4)cc3)cc2)cc1.